The maximum absolute atomic E-state index is 9.66. The molecule has 17 heavy (non-hydrogen) atoms. The molecule has 3 heteroatoms. The summed E-state index contributed by atoms with van der Waals surface area (Å²) < 4.78 is 5.75. The highest BCUT2D eigenvalue weighted by molar-refractivity contribution is 6.30. The standard InChI is InChI=1S/C14H21ClO2/c1-4-5-10(2)9-17-14-7-6-12(15)8-13(14)11(3)16/h6-8,10-11,16H,4-5,9H2,1-3H3. The molecule has 2 atom stereocenters. The minimum atomic E-state index is -0.565. The molecule has 0 fully saturated rings. The Morgan fingerprint density at radius 1 is 1.35 bits per heavy atom. The van der Waals surface area contributed by atoms with Gasteiger partial charge in [-0.15, -0.1) is 0 Å². The Bertz CT molecular complexity index is 350. The molecule has 1 N–H and O–H groups in total. The van der Waals surface area contributed by atoms with Crippen LogP contribution in [0.2, 0.25) is 5.02 Å². The first-order valence-corrected chi connectivity index (χ1v) is 6.52. The quantitative estimate of drug-likeness (QED) is 0.826. The van der Waals surface area contributed by atoms with Gasteiger partial charge in [0.2, 0.25) is 0 Å². The van der Waals surface area contributed by atoms with Crippen LogP contribution in [-0.2, 0) is 0 Å². The second kappa shape index (κ2) is 6.87. The zero-order valence-corrected chi connectivity index (χ0v) is 11.5. The van der Waals surface area contributed by atoms with Gasteiger partial charge in [0.05, 0.1) is 12.7 Å². The summed E-state index contributed by atoms with van der Waals surface area (Å²) in [5.74, 6) is 1.25. The van der Waals surface area contributed by atoms with Crippen LogP contribution in [0.4, 0.5) is 0 Å². The molecule has 2 nitrogen and oxygen atoms in total. The molecule has 0 saturated carbocycles. The lowest BCUT2D eigenvalue weighted by molar-refractivity contribution is 0.186. The van der Waals surface area contributed by atoms with Gasteiger partial charge in [-0.2, -0.15) is 0 Å². The number of hydrogen-bond acceptors (Lipinski definition) is 2. The van der Waals surface area contributed by atoms with Crippen molar-refractivity contribution < 1.29 is 9.84 Å². The van der Waals surface area contributed by atoms with Crippen LogP contribution in [0, 0.1) is 5.92 Å². The zero-order valence-electron chi connectivity index (χ0n) is 10.7. The van der Waals surface area contributed by atoms with Crippen LogP contribution >= 0.6 is 11.6 Å². The summed E-state index contributed by atoms with van der Waals surface area (Å²) in [6.07, 6.45) is 1.75. The van der Waals surface area contributed by atoms with Gasteiger partial charge in [0, 0.05) is 10.6 Å². The van der Waals surface area contributed by atoms with Crippen molar-refractivity contribution >= 4 is 11.6 Å². The first-order chi connectivity index (χ1) is 8.04. The molecule has 0 saturated heterocycles. The highest BCUT2D eigenvalue weighted by atomic mass is 35.5. The largest absolute Gasteiger partial charge is 0.493 e. The average molecular weight is 257 g/mol. The first kappa shape index (κ1) is 14.3. The van der Waals surface area contributed by atoms with Crippen molar-refractivity contribution in [2.45, 2.75) is 39.7 Å². The number of ether oxygens (including phenoxy) is 1. The van der Waals surface area contributed by atoms with Gasteiger partial charge in [-0.25, -0.2) is 0 Å². The molecule has 0 radical (unpaired) electrons. The first-order valence-electron chi connectivity index (χ1n) is 6.14. The van der Waals surface area contributed by atoms with Gasteiger partial charge >= 0.3 is 0 Å². The average Bonchev–Trinajstić information content (AvgIpc) is 2.27. The van der Waals surface area contributed by atoms with Crippen LogP contribution in [0.5, 0.6) is 5.75 Å². The molecular weight excluding hydrogens is 236 g/mol. The van der Waals surface area contributed by atoms with Crippen LogP contribution in [0.1, 0.15) is 45.3 Å². The minimum absolute atomic E-state index is 0.525. The van der Waals surface area contributed by atoms with E-state index in [0.29, 0.717) is 17.5 Å². The number of aliphatic hydroxyl groups excluding tert-OH is 1. The van der Waals surface area contributed by atoms with Crippen molar-refractivity contribution in [1.29, 1.82) is 0 Å². The number of hydrogen-bond donors (Lipinski definition) is 1. The van der Waals surface area contributed by atoms with E-state index in [1.807, 2.05) is 6.07 Å². The molecule has 1 rings (SSSR count). The van der Waals surface area contributed by atoms with E-state index in [1.54, 1.807) is 19.1 Å². The van der Waals surface area contributed by atoms with Crippen molar-refractivity contribution in [3.8, 4) is 5.75 Å². The molecule has 1 aromatic rings. The monoisotopic (exact) mass is 256 g/mol. The highest BCUT2D eigenvalue weighted by Gasteiger charge is 2.11. The molecule has 0 bridgehead atoms. The summed E-state index contributed by atoms with van der Waals surface area (Å²) >= 11 is 5.91. The Hall–Kier alpha value is -0.730. The van der Waals surface area contributed by atoms with Crippen molar-refractivity contribution in [2.75, 3.05) is 6.61 Å². The van der Waals surface area contributed by atoms with E-state index in [-0.39, 0.29) is 0 Å². The Morgan fingerprint density at radius 3 is 2.65 bits per heavy atom. The summed E-state index contributed by atoms with van der Waals surface area (Å²) in [4.78, 5) is 0. The molecule has 0 amide bonds. The molecule has 0 aliphatic carbocycles. The van der Waals surface area contributed by atoms with Crippen LogP contribution in [0.25, 0.3) is 0 Å². The molecule has 96 valence electrons. The summed E-state index contributed by atoms with van der Waals surface area (Å²) in [6.45, 7) is 6.73. The van der Waals surface area contributed by atoms with Crippen molar-refractivity contribution in [1.82, 2.24) is 0 Å². The Morgan fingerprint density at radius 2 is 2.06 bits per heavy atom. The van der Waals surface area contributed by atoms with E-state index in [9.17, 15) is 5.11 Å². The Balaban J connectivity index is 2.70. The van der Waals surface area contributed by atoms with E-state index < -0.39 is 6.10 Å². The van der Waals surface area contributed by atoms with Gasteiger partial charge in [-0.1, -0.05) is 31.9 Å². The molecule has 0 aliphatic heterocycles. The van der Waals surface area contributed by atoms with E-state index in [2.05, 4.69) is 13.8 Å². The second-order valence-corrected chi connectivity index (χ2v) is 5.00. The maximum atomic E-state index is 9.66. The predicted octanol–water partition coefficient (Wildman–Crippen LogP) is 4.21. The van der Waals surface area contributed by atoms with Crippen LogP contribution in [0.15, 0.2) is 18.2 Å². The molecule has 0 spiro atoms. The van der Waals surface area contributed by atoms with Crippen molar-refractivity contribution in [2.24, 2.45) is 5.92 Å². The number of halogens is 1. The van der Waals surface area contributed by atoms with Gasteiger partial charge in [-0.3, -0.25) is 0 Å². The van der Waals surface area contributed by atoms with E-state index in [1.165, 1.54) is 0 Å². The van der Waals surface area contributed by atoms with Crippen LogP contribution < -0.4 is 4.74 Å². The third-order valence-corrected chi connectivity index (χ3v) is 2.96. The molecular formula is C14H21ClO2. The molecule has 2 unspecified atom stereocenters. The third-order valence-electron chi connectivity index (χ3n) is 2.73. The summed E-state index contributed by atoms with van der Waals surface area (Å²) in [6, 6.07) is 5.36. The second-order valence-electron chi connectivity index (χ2n) is 4.56. The Kier molecular flexibility index (Phi) is 5.79. The predicted molar refractivity (Wildman–Crippen MR) is 71.7 cm³/mol. The zero-order chi connectivity index (χ0) is 12.8. The van der Waals surface area contributed by atoms with Gasteiger partial charge in [0.15, 0.2) is 0 Å². The third kappa shape index (κ3) is 4.57. The van der Waals surface area contributed by atoms with Crippen LogP contribution in [-0.4, -0.2) is 11.7 Å². The Labute approximate surface area is 109 Å². The fourth-order valence-corrected chi connectivity index (χ4v) is 1.97. The SMILES string of the molecule is CCCC(C)COc1ccc(Cl)cc1C(C)O. The number of benzene rings is 1. The van der Waals surface area contributed by atoms with E-state index in [0.717, 1.165) is 24.2 Å². The lowest BCUT2D eigenvalue weighted by Crippen LogP contribution is -2.10. The fourth-order valence-electron chi connectivity index (χ4n) is 1.79. The molecule has 0 aliphatic rings. The van der Waals surface area contributed by atoms with Crippen LogP contribution in [0.3, 0.4) is 0 Å². The lowest BCUT2D eigenvalue weighted by atomic mass is 10.1. The van der Waals surface area contributed by atoms with E-state index in [4.69, 9.17) is 16.3 Å². The summed E-state index contributed by atoms with van der Waals surface area (Å²) in [5.41, 5.74) is 0.751. The molecule has 0 heterocycles. The minimum Gasteiger partial charge on any atom is -0.493 e. The number of aliphatic hydroxyl groups is 1. The van der Waals surface area contributed by atoms with Crippen molar-refractivity contribution in [3.05, 3.63) is 28.8 Å². The molecule has 1 aromatic carbocycles. The lowest BCUT2D eigenvalue weighted by Gasteiger charge is -2.16. The maximum Gasteiger partial charge on any atom is 0.125 e. The topological polar surface area (TPSA) is 29.5 Å². The van der Waals surface area contributed by atoms with Gasteiger partial charge in [-0.05, 0) is 37.5 Å². The summed E-state index contributed by atoms with van der Waals surface area (Å²) in [7, 11) is 0. The highest BCUT2D eigenvalue weighted by Crippen LogP contribution is 2.28. The summed E-state index contributed by atoms with van der Waals surface area (Å²) in [5, 5.41) is 10.3. The van der Waals surface area contributed by atoms with Gasteiger partial charge < -0.3 is 9.84 Å². The van der Waals surface area contributed by atoms with Crippen molar-refractivity contribution in [3.63, 3.8) is 0 Å². The fraction of sp³-hybridized carbons (Fsp3) is 0.571. The van der Waals surface area contributed by atoms with Gasteiger partial charge in [0.1, 0.15) is 5.75 Å². The smallest absolute Gasteiger partial charge is 0.125 e. The number of rotatable bonds is 6. The molecule has 0 aromatic heterocycles. The normalized spacial score (nSPS) is 14.4. The van der Waals surface area contributed by atoms with E-state index >= 15 is 0 Å². The van der Waals surface area contributed by atoms with Gasteiger partial charge in [0.25, 0.3) is 0 Å².